The number of carbonyl (C=O) groups excluding carboxylic acids is 1. The molecule has 4 heterocycles. The minimum Gasteiger partial charge on any atom is -0.337 e. The van der Waals surface area contributed by atoms with Gasteiger partial charge in [-0.15, -0.1) is 0 Å². The van der Waals surface area contributed by atoms with Crippen LogP contribution in [-0.4, -0.2) is 43.8 Å². The molecule has 0 spiro atoms. The first-order valence-electron chi connectivity index (χ1n) is 8.42. The molecular weight excluding hydrogens is 330 g/mol. The number of H-pyrrole nitrogens is 1. The van der Waals surface area contributed by atoms with Gasteiger partial charge in [-0.1, -0.05) is 6.07 Å². The fraction of sp³-hybridized carbons (Fsp3) is 0.211. The first kappa shape index (κ1) is 16.1. The first-order valence-corrected chi connectivity index (χ1v) is 8.42. The summed E-state index contributed by atoms with van der Waals surface area (Å²) in [6, 6.07) is 10.4. The molecule has 0 unspecified atom stereocenters. The number of amides is 1. The van der Waals surface area contributed by atoms with Crippen LogP contribution in [0.1, 0.15) is 28.7 Å². The second kappa shape index (κ2) is 6.87. The predicted molar refractivity (Wildman–Crippen MR) is 95.6 cm³/mol. The van der Waals surface area contributed by atoms with Crippen LogP contribution in [0, 0.1) is 0 Å². The van der Waals surface area contributed by atoms with E-state index >= 15 is 0 Å². The number of nitrogens with zero attached hydrogens (tertiary/aromatic N) is 4. The second-order valence-electron chi connectivity index (χ2n) is 6.21. The molecule has 1 atom stereocenters. The van der Waals surface area contributed by atoms with Gasteiger partial charge >= 0.3 is 0 Å². The third-order valence-electron chi connectivity index (χ3n) is 4.46. The van der Waals surface area contributed by atoms with E-state index in [2.05, 4.69) is 19.9 Å². The Morgan fingerprint density at radius 1 is 1.19 bits per heavy atom. The molecule has 0 radical (unpaired) electrons. The fourth-order valence-electron chi connectivity index (χ4n) is 3.15. The maximum atomic E-state index is 12.5. The maximum absolute atomic E-state index is 12.5. The van der Waals surface area contributed by atoms with Crippen molar-refractivity contribution in [3.63, 3.8) is 0 Å². The van der Waals surface area contributed by atoms with Crippen molar-refractivity contribution in [1.82, 2.24) is 24.8 Å². The Bertz CT molecular complexity index is 972. The largest absolute Gasteiger partial charge is 0.337 e. The molecule has 1 aliphatic heterocycles. The van der Waals surface area contributed by atoms with Gasteiger partial charge in [0.1, 0.15) is 11.5 Å². The van der Waals surface area contributed by atoms with Gasteiger partial charge in [0.2, 0.25) is 0 Å². The maximum Gasteiger partial charge on any atom is 0.272 e. The molecule has 130 valence electrons. The van der Waals surface area contributed by atoms with Gasteiger partial charge < -0.3 is 9.88 Å². The fourth-order valence-corrected chi connectivity index (χ4v) is 3.15. The van der Waals surface area contributed by atoms with Crippen molar-refractivity contribution >= 4 is 5.91 Å². The van der Waals surface area contributed by atoms with Gasteiger partial charge in [0, 0.05) is 49.2 Å². The van der Waals surface area contributed by atoms with Crippen molar-refractivity contribution in [2.45, 2.75) is 12.3 Å². The molecule has 0 saturated carbocycles. The zero-order valence-corrected chi connectivity index (χ0v) is 14.0. The molecule has 0 aromatic carbocycles. The van der Waals surface area contributed by atoms with Gasteiger partial charge in [-0.25, -0.2) is 4.98 Å². The molecule has 7 heteroatoms. The van der Waals surface area contributed by atoms with Crippen LogP contribution in [0.3, 0.4) is 0 Å². The monoisotopic (exact) mass is 347 g/mol. The Labute approximate surface area is 149 Å². The summed E-state index contributed by atoms with van der Waals surface area (Å²) < 4.78 is 0. The van der Waals surface area contributed by atoms with Crippen LogP contribution in [0.2, 0.25) is 0 Å². The molecule has 4 rings (SSSR count). The number of rotatable bonds is 3. The summed E-state index contributed by atoms with van der Waals surface area (Å²) in [5, 5.41) is 0. The van der Waals surface area contributed by atoms with Gasteiger partial charge in [0.05, 0.1) is 5.69 Å². The summed E-state index contributed by atoms with van der Waals surface area (Å²) in [5.41, 5.74) is 1.60. The number of carbonyl (C=O) groups is 1. The lowest BCUT2D eigenvalue weighted by molar-refractivity contribution is 0.0784. The van der Waals surface area contributed by atoms with Crippen molar-refractivity contribution in [1.29, 1.82) is 0 Å². The lowest BCUT2D eigenvalue weighted by atomic mass is 10.1. The Morgan fingerprint density at radius 2 is 2.12 bits per heavy atom. The van der Waals surface area contributed by atoms with E-state index in [-0.39, 0.29) is 17.4 Å². The van der Waals surface area contributed by atoms with Crippen LogP contribution < -0.4 is 5.56 Å². The van der Waals surface area contributed by atoms with E-state index in [1.54, 1.807) is 47.8 Å². The van der Waals surface area contributed by atoms with Crippen molar-refractivity contribution in [2.24, 2.45) is 0 Å². The normalized spacial score (nSPS) is 16.6. The number of nitrogens with one attached hydrogen (secondary N) is 1. The highest BCUT2D eigenvalue weighted by molar-refractivity contribution is 5.92. The van der Waals surface area contributed by atoms with E-state index in [4.69, 9.17) is 0 Å². The lowest BCUT2D eigenvalue weighted by Gasteiger charge is -2.16. The Hall–Kier alpha value is -3.35. The topological polar surface area (TPSA) is 91.8 Å². The van der Waals surface area contributed by atoms with E-state index in [1.165, 1.54) is 6.07 Å². The average Bonchev–Trinajstić information content (AvgIpc) is 3.18. The number of likely N-dealkylation sites (tertiary alicyclic amines) is 1. The first-order chi connectivity index (χ1) is 12.7. The summed E-state index contributed by atoms with van der Waals surface area (Å²) in [7, 11) is 0. The molecule has 1 N–H and O–H groups in total. The summed E-state index contributed by atoms with van der Waals surface area (Å²) in [4.78, 5) is 42.0. The van der Waals surface area contributed by atoms with Gasteiger partial charge in [-0.05, 0) is 30.7 Å². The number of pyridine rings is 2. The zero-order valence-electron chi connectivity index (χ0n) is 14.0. The minimum absolute atomic E-state index is 0.00742. The Morgan fingerprint density at radius 3 is 2.88 bits per heavy atom. The van der Waals surface area contributed by atoms with E-state index in [0.717, 1.165) is 12.0 Å². The van der Waals surface area contributed by atoms with E-state index in [9.17, 15) is 9.59 Å². The highest BCUT2D eigenvalue weighted by Gasteiger charge is 2.30. The quantitative estimate of drug-likeness (QED) is 0.781. The number of hydrogen-bond donors (Lipinski definition) is 1. The molecule has 1 aliphatic rings. The average molecular weight is 347 g/mol. The molecule has 1 amide bonds. The smallest absolute Gasteiger partial charge is 0.272 e. The second-order valence-corrected chi connectivity index (χ2v) is 6.21. The molecule has 0 bridgehead atoms. The van der Waals surface area contributed by atoms with Crippen LogP contribution in [0.25, 0.3) is 11.3 Å². The van der Waals surface area contributed by atoms with Gasteiger partial charge in [-0.3, -0.25) is 19.6 Å². The van der Waals surface area contributed by atoms with E-state index in [1.807, 2.05) is 6.07 Å². The van der Waals surface area contributed by atoms with Crippen LogP contribution >= 0.6 is 0 Å². The lowest BCUT2D eigenvalue weighted by Crippen LogP contribution is -2.29. The SMILES string of the molecule is O=C(c1ccccn1)N1CC[C@@H](c2nc(-c3cccnc3)cc(=O)[nH]2)C1. The molecule has 0 aliphatic carbocycles. The van der Waals surface area contributed by atoms with Gasteiger partial charge in [-0.2, -0.15) is 0 Å². The highest BCUT2D eigenvalue weighted by atomic mass is 16.2. The van der Waals surface area contributed by atoms with Gasteiger partial charge in [0.15, 0.2) is 0 Å². The zero-order chi connectivity index (χ0) is 17.9. The summed E-state index contributed by atoms with van der Waals surface area (Å²) in [6.45, 7) is 1.12. The minimum atomic E-state index is -0.205. The molecule has 1 fully saturated rings. The van der Waals surface area contributed by atoms with Gasteiger partial charge in [0.25, 0.3) is 11.5 Å². The molecule has 7 nitrogen and oxygen atoms in total. The number of aromatic amines is 1. The van der Waals surface area contributed by atoms with Crippen LogP contribution in [0.5, 0.6) is 0 Å². The van der Waals surface area contributed by atoms with Crippen molar-refractivity contribution in [3.05, 3.63) is 76.9 Å². The van der Waals surface area contributed by atoms with Crippen LogP contribution in [0.4, 0.5) is 0 Å². The third-order valence-corrected chi connectivity index (χ3v) is 4.46. The molecular formula is C19H17N5O2. The number of aromatic nitrogens is 4. The highest BCUT2D eigenvalue weighted by Crippen LogP contribution is 2.26. The van der Waals surface area contributed by atoms with E-state index < -0.39 is 0 Å². The Balaban J connectivity index is 1.57. The van der Waals surface area contributed by atoms with Crippen LogP contribution in [0.15, 0.2) is 59.8 Å². The standard InChI is InChI=1S/C19H17N5O2/c25-17-10-16(13-4-3-7-20-11-13)22-18(23-17)14-6-9-24(12-14)19(26)15-5-1-2-8-21-15/h1-5,7-8,10-11,14H,6,9,12H2,(H,22,23,25)/t14-/m1/s1. The van der Waals surface area contributed by atoms with E-state index in [0.29, 0.717) is 30.3 Å². The molecule has 3 aromatic rings. The van der Waals surface area contributed by atoms with Crippen molar-refractivity contribution in [2.75, 3.05) is 13.1 Å². The third kappa shape index (κ3) is 3.23. The number of hydrogen-bond acceptors (Lipinski definition) is 5. The van der Waals surface area contributed by atoms with Crippen molar-refractivity contribution < 1.29 is 4.79 Å². The predicted octanol–water partition coefficient (Wildman–Crippen LogP) is 1.86. The molecule has 26 heavy (non-hydrogen) atoms. The molecule has 3 aromatic heterocycles. The van der Waals surface area contributed by atoms with Crippen molar-refractivity contribution in [3.8, 4) is 11.3 Å². The Kier molecular flexibility index (Phi) is 4.27. The summed E-state index contributed by atoms with van der Waals surface area (Å²) >= 11 is 0. The summed E-state index contributed by atoms with van der Waals surface area (Å²) in [5.74, 6) is 0.499. The molecule has 1 saturated heterocycles. The summed E-state index contributed by atoms with van der Waals surface area (Å²) in [6.07, 6.45) is 5.71. The van der Waals surface area contributed by atoms with Crippen LogP contribution in [-0.2, 0) is 0 Å².